The van der Waals surface area contributed by atoms with E-state index in [1.54, 1.807) is 17.0 Å². The summed E-state index contributed by atoms with van der Waals surface area (Å²) < 4.78 is 26.9. The van der Waals surface area contributed by atoms with Gasteiger partial charge in [-0.3, -0.25) is 9.59 Å². The molecule has 0 saturated carbocycles. The second kappa shape index (κ2) is 9.85. The first-order valence-electron chi connectivity index (χ1n) is 9.55. The first-order valence-corrected chi connectivity index (χ1v) is 11.0. The quantitative estimate of drug-likeness (QED) is 0.595. The molecular formula is C19H29N3O4S. The van der Waals surface area contributed by atoms with Gasteiger partial charge in [0, 0.05) is 31.7 Å². The number of rotatable bonds is 10. The lowest BCUT2D eigenvalue weighted by atomic mass is 10.1. The van der Waals surface area contributed by atoms with E-state index in [1.807, 2.05) is 6.92 Å². The Kier molecular flexibility index (Phi) is 7.79. The van der Waals surface area contributed by atoms with Crippen LogP contribution in [0.15, 0.2) is 29.2 Å². The van der Waals surface area contributed by atoms with Crippen LogP contribution in [0.5, 0.6) is 0 Å². The number of carbonyl (C=O) groups excluding carboxylic acids is 2. The molecule has 0 spiro atoms. The van der Waals surface area contributed by atoms with Gasteiger partial charge in [0.15, 0.2) is 0 Å². The van der Waals surface area contributed by atoms with Crippen molar-refractivity contribution in [3.8, 4) is 0 Å². The van der Waals surface area contributed by atoms with Gasteiger partial charge >= 0.3 is 0 Å². The minimum absolute atomic E-state index is 0.0168. The lowest BCUT2D eigenvalue weighted by Crippen LogP contribution is -2.29. The monoisotopic (exact) mass is 395 g/mol. The molecule has 27 heavy (non-hydrogen) atoms. The number of sulfonamides is 1. The molecule has 0 unspecified atom stereocenters. The van der Waals surface area contributed by atoms with E-state index in [0.29, 0.717) is 25.3 Å². The van der Waals surface area contributed by atoms with Crippen LogP contribution in [0.2, 0.25) is 0 Å². The van der Waals surface area contributed by atoms with Crippen LogP contribution in [-0.2, 0) is 19.6 Å². The molecule has 2 rings (SSSR count). The summed E-state index contributed by atoms with van der Waals surface area (Å²) >= 11 is 0. The maximum absolute atomic E-state index is 12.4. The van der Waals surface area contributed by atoms with Crippen molar-refractivity contribution in [2.45, 2.75) is 50.8 Å². The van der Waals surface area contributed by atoms with Gasteiger partial charge in [0.05, 0.1) is 10.8 Å². The molecule has 0 bridgehead atoms. The minimum Gasteiger partial charge on any atom is -0.342 e. The van der Waals surface area contributed by atoms with Gasteiger partial charge in [-0.2, -0.15) is 0 Å². The van der Waals surface area contributed by atoms with Gasteiger partial charge in [0.2, 0.25) is 21.8 Å². The van der Waals surface area contributed by atoms with Gasteiger partial charge < -0.3 is 10.2 Å². The largest absolute Gasteiger partial charge is 0.342 e. The average Bonchev–Trinajstić information content (AvgIpc) is 3.01. The van der Waals surface area contributed by atoms with Crippen LogP contribution >= 0.6 is 0 Å². The highest BCUT2D eigenvalue weighted by Gasteiger charge is 2.33. The predicted molar refractivity (Wildman–Crippen MR) is 105 cm³/mol. The normalized spacial score (nSPS) is 17.3. The van der Waals surface area contributed by atoms with E-state index in [0.717, 1.165) is 25.7 Å². The lowest BCUT2D eigenvalue weighted by Gasteiger charge is -2.16. The van der Waals surface area contributed by atoms with Gasteiger partial charge in [-0.15, -0.1) is 0 Å². The average molecular weight is 396 g/mol. The Morgan fingerprint density at radius 2 is 1.81 bits per heavy atom. The van der Waals surface area contributed by atoms with Crippen LogP contribution in [0.1, 0.15) is 46.0 Å². The first-order chi connectivity index (χ1) is 12.9. The number of carbonyl (C=O) groups is 2. The van der Waals surface area contributed by atoms with E-state index in [2.05, 4.69) is 17.0 Å². The van der Waals surface area contributed by atoms with Gasteiger partial charge in [0.25, 0.3) is 0 Å². The summed E-state index contributed by atoms with van der Waals surface area (Å²) in [6, 6.07) is 6.07. The summed E-state index contributed by atoms with van der Waals surface area (Å²) in [5, 5.41) is 2.78. The molecule has 1 aliphatic heterocycles. The van der Waals surface area contributed by atoms with Crippen LogP contribution in [0, 0.1) is 5.92 Å². The Labute approximate surface area is 161 Å². The Morgan fingerprint density at radius 1 is 1.15 bits per heavy atom. The number of hydrogen-bond acceptors (Lipinski definition) is 4. The van der Waals surface area contributed by atoms with Crippen LogP contribution < -0.4 is 10.0 Å². The third kappa shape index (κ3) is 6.04. The Morgan fingerprint density at radius 3 is 2.44 bits per heavy atom. The fourth-order valence-corrected chi connectivity index (χ4v) is 4.02. The second-order valence-corrected chi connectivity index (χ2v) is 8.63. The van der Waals surface area contributed by atoms with E-state index in [4.69, 9.17) is 0 Å². The fourth-order valence-electron chi connectivity index (χ4n) is 2.94. The highest BCUT2D eigenvalue weighted by molar-refractivity contribution is 7.89. The third-order valence-corrected chi connectivity index (χ3v) is 6.10. The number of amides is 2. The molecule has 1 fully saturated rings. The SMILES string of the molecule is CCCCNS(=O)(=O)c1ccc(NC(=O)[C@@H]2CC(=O)N(CCCC)C2)cc1. The van der Waals surface area contributed by atoms with Gasteiger partial charge in [0.1, 0.15) is 0 Å². The Hall–Kier alpha value is -1.93. The highest BCUT2D eigenvalue weighted by atomic mass is 32.2. The summed E-state index contributed by atoms with van der Waals surface area (Å²) in [4.78, 5) is 26.3. The Balaban J connectivity index is 1.92. The first kappa shape index (κ1) is 21.4. The van der Waals surface area contributed by atoms with E-state index in [9.17, 15) is 18.0 Å². The van der Waals surface area contributed by atoms with E-state index in [-0.39, 0.29) is 29.0 Å². The van der Waals surface area contributed by atoms with Crippen molar-refractivity contribution in [1.82, 2.24) is 9.62 Å². The number of anilines is 1. The number of benzene rings is 1. The van der Waals surface area contributed by atoms with Crippen LogP contribution in [0.4, 0.5) is 5.69 Å². The summed E-state index contributed by atoms with van der Waals surface area (Å²) in [5.41, 5.74) is 0.520. The zero-order chi connectivity index (χ0) is 19.9. The number of likely N-dealkylation sites (tertiary alicyclic amines) is 1. The summed E-state index contributed by atoms with van der Waals surface area (Å²) in [5.74, 6) is -0.560. The van der Waals surface area contributed by atoms with Gasteiger partial charge in [-0.05, 0) is 37.1 Å². The smallest absolute Gasteiger partial charge is 0.240 e. The van der Waals surface area contributed by atoms with Crippen LogP contribution in [0.25, 0.3) is 0 Å². The molecule has 0 aromatic heterocycles. The van der Waals surface area contributed by atoms with E-state index >= 15 is 0 Å². The molecule has 1 saturated heterocycles. The summed E-state index contributed by atoms with van der Waals surface area (Å²) in [7, 11) is -3.53. The lowest BCUT2D eigenvalue weighted by molar-refractivity contribution is -0.128. The van der Waals surface area contributed by atoms with Crippen LogP contribution in [0.3, 0.4) is 0 Å². The van der Waals surface area contributed by atoms with Crippen molar-refractivity contribution >= 4 is 27.5 Å². The van der Waals surface area contributed by atoms with E-state index in [1.165, 1.54) is 12.1 Å². The van der Waals surface area contributed by atoms with Gasteiger partial charge in [-0.1, -0.05) is 26.7 Å². The van der Waals surface area contributed by atoms with Crippen LogP contribution in [-0.4, -0.2) is 44.8 Å². The van der Waals surface area contributed by atoms with Crippen molar-refractivity contribution in [3.63, 3.8) is 0 Å². The predicted octanol–water partition coefficient (Wildman–Crippen LogP) is 2.35. The van der Waals surface area contributed by atoms with Crippen molar-refractivity contribution in [1.29, 1.82) is 0 Å². The molecular weight excluding hydrogens is 366 g/mol. The molecule has 8 heteroatoms. The molecule has 1 heterocycles. The molecule has 0 aliphatic carbocycles. The van der Waals surface area contributed by atoms with Crippen molar-refractivity contribution < 1.29 is 18.0 Å². The van der Waals surface area contributed by atoms with Gasteiger partial charge in [-0.25, -0.2) is 13.1 Å². The Bertz CT molecular complexity index is 747. The molecule has 1 aromatic rings. The molecule has 7 nitrogen and oxygen atoms in total. The van der Waals surface area contributed by atoms with Crippen molar-refractivity contribution in [2.24, 2.45) is 5.92 Å². The molecule has 2 amide bonds. The fraction of sp³-hybridized carbons (Fsp3) is 0.579. The number of hydrogen-bond donors (Lipinski definition) is 2. The zero-order valence-corrected chi connectivity index (χ0v) is 16.8. The molecule has 0 radical (unpaired) electrons. The van der Waals surface area contributed by atoms with Crippen molar-refractivity contribution in [3.05, 3.63) is 24.3 Å². The minimum atomic E-state index is -3.53. The van der Waals surface area contributed by atoms with E-state index < -0.39 is 10.0 Å². The summed E-state index contributed by atoms with van der Waals surface area (Å²) in [6.07, 6.45) is 3.85. The maximum atomic E-state index is 12.4. The second-order valence-electron chi connectivity index (χ2n) is 6.86. The molecule has 1 aliphatic rings. The molecule has 1 atom stereocenters. The molecule has 150 valence electrons. The third-order valence-electron chi connectivity index (χ3n) is 4.62. The zero-order valence-electron chi connectivity index (χ0n) is 16.0. The highest BCUT2D eigenvalue weighted by Crippen LogP contribution is 2.21. The number of nitrogens with one attached hydrogen (secondary N) is 2. The molecule has 2 N–H and O–H groups in total. The standard InChI is InChI=1S/C19H29N3O4S/c1-3-5-11-20-27(25,26)17-9-7-16(8-10-17)21-19(24)15-13-18(23)22(14-15)12-6-4-2/h7-10,15,20H,3-6,11-14H2,1-2H3,(H,21,24)/t15-/m1/s1. The number of unbranched alkanes of at least 4 members (excludes halogenated alkanes) is 2. The topological polar surface area (TPSA) is 95.6 Å². The number of nitrogens with zero attached hydrogens (tertiary/aromatic N) is 1. The maximum Gasteiger partial charge on any atom is 0.240 e. The molecule has 1 aromatic carbocycles. The van der Waals surface area contributed by atoms with Crippen molar-refractivity contribution in [2.75, 3.05) is 25.0 Å². The summed E-state index contributed by atoms with van der Waals surface area (Å²) in [6.45, 7) is 5.59.